The molecule has 0 aliphatic heterocycles. The number of methoxy groups -OCH3 is 1. The second-order valence-electron chi connectivity index (χ2n) is 9.85. The zero-order valence-corrected chi connectivity index (χ0v) is 26.6. The Morgan fingerprint density at radius 3 is 2.21 bits per heavy atom. The smallest absolute Gasteiger partial charge is 0.264 e. The van der Waals surface area contributed by atoms with Gasteiger partial charge in [-0.15, -0.1) is 0 Å². The van der Waals surface area contributed by atoms with Crippen molar-refractivity contribution >= 4 is 50.7 Å². The van der Waals surface area contributed by atoms with Crippen molar-refractivity contribution < 1.29 is 22.7 Å². The largest absolute Gasteiger partial charge is 0.497 e. The van der Waals surface area contributed by atoms with Crippen molar-refractivity contribution in [2.75, 3.05) is 24.5 Å². The molecule has 0 saturated heterocycles. The summed E-state index contributed by atoms with van der Waals surface area (Å²) in [5.41, 5.74) is 1.82. The van der Waals surface area contributed by atoms with Gasteiger partial charge >= 0.3 is 0 Å². The molecule has 0 bridgehead atoms. The fourth-order valence-corrected chi connectivity index (χ4v) is 6.26. The normalized spacial score (nSPS) is 12.0. The van der Waals surface area contributed by atoms with Crippen molar-refractivity contribution in [2.24, 2.45) is 0 Å². The lowest BCUT2D eigenvalue weighted by Gasteiger charge is -2.33. The number of rotatable bonds is 14. The number of carbonyl (C=O) groups excluding carboxylic acids is 2. The van der Waals surface area contributed by atoms with E-state index >= 15 is 0 Å². The first-order valence-corrected chi connectivity index (χ1v) is 16.0. The summed E-state index contributed by atoms with van der Waals surface area (Å²) in [5.74, 6) is -0.377. The second kappa shape index (κ2) is 15.3. The highest BCUT2D eigenvalue weighted by Crippen LogP contribution is 2.28. The Hall–Kier alpha value is -3.27. The third kappa shape index (κ3) is 8.40. The van der Waals surface area contributed by atoms with Crippen LogP contribution in [0.4, 0.5) is 5.69 Å². The molecular weight excluding hydrogens is 597 g/mol. The van der Waals surface area contributed by atoms with Crippen molar-refractivity contribution in [3.8, 4) is 5.75 Å². The Morgan fingerprint density at radius 2 is 1.64 bits per heavy atom. The number of amides is 2. The summed E-state index contributed by atoms with van der Waals surface area (Å²) in [6.07, 6.45) is 2.00. The molecule has 0 saturated carbocycles. The van der Waals surface area contributed by atoms with E-state index < -0.39 is 28.5 Å². The standard InChI is InChI=1S/C31H37Cl2N3O5S/c1-5-7-18-34-31(38)29(6-2)35(20-23-10-11-24(32)19-28(23)33)30(37)21-36(25-12-8-22(3)9-13-25)42(39,40)27-16-14-26(41-4)15-17-27/h8-17,19,29H,5-7,18,20-21H2,1-4H3,(H,34,38)/t29-/m1/s1. The number of unbranched alkanes of at least 4 members (excludes halogenated alkanes) is 1. The first kappa shape index (κ1) is 33.2. The molecule has 42 heavy (non-hydrogen) atoms. The highest BCUT2D eigenvalue weighted by molar-refractivity contribution is 7.92. The number of ether oxygens (including phenoxy) is 1. The van der Waals surface area contributed by atoms with E-state index in [9.17, 15) is 18.0 Å². The summed E-state index contributed by atoms with van der Waals surface area (Å²) in [7, 11) is -2.70. The van der Waals surface area contributed by atoms with Gasteiger partial charge in [0.1, 0.15) is 18.3 Å². The number of carbonyl (C=O) groups is 2. The van der Waals surface area contributed by atoms with Crippen molar-refractivity contribution in [1.82, 2.24) is 10.2 Å². The summed E-state index contributed by atoms with van der Waals surface area (Å²) in [4.78, 5) is 28.8. The predicted octanol–water partition coefficient (Wildman–Crippen LogP) is 6.23. The molecule has 1 N–H and O–H groups in total. The average molecular weight is 635 g/mol. The van der Waals surface area contributed by atoms with Crippen molar-refractivity contribution in [3.05, 3.63) is 87.9 Å². The van der Waals surface area contributed by atoms with Crippen LogP contribution in [0.1, 0.15) is 44.2 Å². The minimum absolute atomic E-state index is 0.00618. The van der Waals surface area contributed by atoms with Crippen molar-refractivity contribution in [2.45, 2.75) is 57.5 Å². The van der Waals surface area contributed by atoms with Gasteiger partial charge in [-0.25, -0.2) is 8.42 Å². The summed E-state index contributed by atoms with van der Waals surface area (Å²) in [5, 5.41) is 3.68. The van der Waals surface area contributed by atoms with Crippen LogP contribution < -0.4 is 14.4 Å². The van der Waals surface area contributed by atoms with Gasteiger partial charge in [-0.3, -0.25) is 13.9 Å². The van der Waals surface area contributed by atoms with E-state index in [1.54, 1.807) is 61.5 Å². The summed E-state index contributed by atoms with van der Waals surface area (Å²) in [6, 6.07) is 16.9. The number of anilines is 1. The summed E-state index contributed by atoms with van der Waals surface area (Å²) < 4.78 is 34.2. The van der Waals surface area contributed by atoms with E-state index in [2.05, 4.69) is 5.32 Å². The van der Waals surface area contributed by atoms with Gasteiger partial charge < -0.3 is 15.0 Å². The first-order valence-electron chi connectivity index (χ1n) is 13.8. The maximum absolute atomic E-state index is 14.1. The first-order chi connectivity index (χ1) is 20.0. The number of halogens is 2. The second-order valence-corrected chi connectivity index (χ2v) is 12.6. The SMILES string of the molecule is CCCCNC(=O)[C@@H](CC)N(Cc1ccc(Cl)cc1Cl)C(=O)CN(c1ccc(C)cc1)S(=O)(=O)c1ccc(OC)cc1. The Balaban J connectivity index is 2.05. The number of hydrogen-bond acceptors (Lipinski definition) is 5. The number of benzene rings is 3. The van der Waals surface area contributed by atoms with Crippen LogP contribution in [0.15, 0.2) is 71.6 Å². The van der Waals surface area contributed by atoms with Gasteiger partial charge in [-0.05, 0) is 73.9 Å². The average Bonchev–Trinajstić information content (AvgIpc) is 2.97. The van der Waals surface area contributed by atoms with Crippen LogP contribution >= 0.6 is 23.2 Å². The molecular formula is C31H37Cl2N3O5S. The summed E-state index contributed by atoms with van der Waals surface area (Å²) >= 11 is 12.6. The minimum atomic E-state index is -4.19. The molecule has 0 aliphatic rings. The molecule has 0 unspecified atom stereocenters. The molecule has 0 spiro atoms. The molecule has 0 radical (unpaired) electrons. The maximum Gasteiger partial charge on any atom is 0.264 e. The molecule has 3 aromatic rings. The van der Waals surface area contributed by atoms with Crippen LogP contribution in [-0.4, -0.2) is 51.4 Å². The molecule has 0 aromatic heterocycles. The molecule has 8 nitrogen and oxygen atoms in total. The summed E-state index contributed by atoms with van der Waals surface area (Å²) in [6.45, 7) is 5.62. The van der Waals surface area contributed by atoms with Crippen LogP contribution in [0.25, 0.3) is 0 Å². The maximum atomic E-state index is 14.1. The van der Waals surface area contributed by atoms with Crippen LogP contribution in [0.5, 0.6) is 5.75 Å². The lowest BCUT2D eigenvalue weighted by molar-refractivity contribution is -0.140. The van der Waals surface area contributed by atoms with Crippen LogP contribution in [0, 0.1) is 6.92 Å². The minimum Gasteiger partial charge on any atom is -0.497 e. The molecule has 3 aromatic carbocycles. The fraction of sp³-hybridized carbons (Fsp3) is 0.355. The molecule has 1 atom stereocenters. The van der Waals surface area contributed by atoms with E-state index in [0.29, 0.717) is 40.0 Å². The van der Waals surface area contributed by atoms with Gasteiger partial charge in [-0.2, -0.15) is 0 Å². The van der Waals surface area contributed by atoms with E-state index in [-0.39, 0.29) is 17.3 Å². The van der Waals surface area contributed by atoms with Gasteiger partial charge in [0.25, 0.3) is 10.0 Å². The Labute approximate surface area is 258 Å². The van der Waals surface area contributed by atoms with E-state index in [4.69, 9.17) is 27.9 Å². The number of sulfonamides is 1. The topological polar surface area (TPSA) is 96.0 Å². The molecule has 0 aliphatic carbocycles. The van der Waals surface area contributed by atoms with Gasteiger partial charge in [0.2, 0.25) is 11.8 Å². The van der Waals surface area contributed by atoms with Gasteiger partial charge in [0, 0.05) is 23.1 Å². The van der Waals surface area contributed by atoms with E-state index in [1.807, 2.05) is 13.8 Å². The van der Waals surface area contributed by atoms with Crippen LogP contribution in [0.3, 0.4) is 0 Å². The van der Waals surface area contributed by atoms with Crippen LogP contribution in [-0.2, 0) is 26.2 Å². The molecule has 2 amide bonds. The Kier molecular flexibility index (Phi) is 12.1. The monoisotopic (exact) mass is 633 g/mol. The molecule has 3 rings (SSSR count). The van der Waals surface area contributed by atoms with E-state index in [0.717, 1.165) is 22.7 Å². The third-order valence-electron chi connectivity index (χ3n) is 6.82. The van der Waals surface area contributed by atoms with Crippen LogP contribution in [0.2, 0.25) is 10.0 Å². The predicted molar refractivity (Wildman–Crippen MR) is 168 cm³/mol. The fourth-order valence-electron chi connectivity index (χ4n) is 4.37. The highest BCUT2D eigenvalue weighted by Gasteiger charge is 2.34. The zero-order chi connectivity index (χ0) is 30.9. The quantitative estimate of drug-likeness (QED) is 0.212. The third-order valence-corrected chi connectivity index (χ3v) is 9.19. The number of nitrogens with zero attached hydrogens (tertiary/aromatic N) is 2. The molecule has 11 heteroatoms. The van der Waals surface area contributed by atoms with E-state index in [1.165, 1.54) is 24.1 Å². The lowest BCUT2D eigenvalue weighted by Crippen LogP contribution is -2.52. The molecule has 0 fully saturated rings. The zero-order valence-electron chi connectivity index (χ0n) is 24.3. The van der Waals surface area contributed by atoms with Gasteiger partial charge in [0.05, 0.1) is 17.7 Å². The van der Waals surface area contributed by atoms with Crippen molar-refractivity contribution in [3.63, 3.8) is 0 Å². The molecule has 226 valence electrons. The van der Waals surface area contributed by atoms with Gasteiger partial charge in [-0.1, -0.05) is 67.2 Å². The Morgan fingerprint density at radius 1 is 0.976 bits per heavy atom. The Bertz CT molecular complexity index is 1460. The number of nitrogens with one attached hydrogen (secondary N) is 1. The highest BCUT2D eigenvalue weighted by atomic mass is 35.5. The van der Waals surface area contributed by atoms with Gasteiger partial charge in [0.15, 0.2) is 0 Å². The number of hydrogen-bond donors (Lipinski definition) is 1. The molecule has 0 heterocycles. The lowest BCUT2D eigenvalue weighted by atomic mass is 10.1. The van der Waals surface area contributed by atoms with Crippen molar-refractivity contribution in [1.29, 1.82) is 0 Å². The number of aryl methyl sites for hydroxylation is 1.